The highest BCUT2D eigenvalue weighted by molar-refractivity contribution is 6.03. The number of anilines is 1. The Balaban J connectivity index is 1.88. The van der Waals surface area contributed by atoms with E-state index < -0.39 is 11.3 Å². The highest BCUT2D eigenvalue weighted by Crippen LogP contribution is 2.33. The summed E-state index contributed by atoms with van der Waals surface area (Å²) in [5.74, 6) is -0.506. The number of pyridine rings is 1. The Morgan fingerprint density at radius 3 is 2.69 bits per heavy atom. The number of nitrogens with one attached hydrogen (secondary N) is 1. The van der Waals surface area contributed by atoms with Gasteiger partial charge < -0.3 is 19.7 Å². The zero-order chi connectivity index (χ0) is 20.8. The molecule has 1 aromatic heterocycles. The van der Waals surface area contributed by atoms with Gasteiger partial charge in [-0.15, -0.1) is 0 Å². The van der Waals surface area contributed by atoms with Crippen LogP contribution in [0, 0.1) is 0 Å². The van der Waals surface area contributed by atoms with Crippen LogP contribution in [0.3, 0.4) is 0 Å². The fraction of sp³-hybridized carbons (Fsp3) is 0.217. The van der Waals surface area contributed by atoms with Gasteiger partial charge in [0.15, 0.2) is 5.75 Å². The number of fused-ring (bicyclic) bond motifs is 1. The fourth-order valence-corrected chi connectivity index (χ4v) is 2.96. The van der Waals surface area contributed by atoms with Crippen LogP contribution in [0.15, 0.2) is 59.4 Å². The van der Waals surface area contributed by atoms with E-state index in [0.717, 1.165) is 18.4 Å². The molecule has 2 N–H and O–H groups in total. The number of unbranched alkanes of at least 4 members (excludes halogenated alkanes) is 1. The average Bonchev–Trinajstić information content (AvgIpc) is 2.74. The number of aromatic nitrogens is 1. The summed E-state index contributed by atoms with van der Waals surface area (Å²) in [5, 5.41) is 13.6. The molecule has 1 heterocycles. The molecule has 0 bridgehead atoms. The van der Waals surface area contributed by atoms with Gasteiger partial charge >= 0.3 is 0 Å². The zero-order valence-corrected chi connectivity index (χ0v) is 16.5. The Bertz CT molecular complexity index is 1100. The van der Waals surface area contributed by atoms with Gasteiger partial charge in [0.05, 0.1) is 12.1 Å². The molecule has 6 nitrogen and oxygen atoms in total. The predicted molar refractivity (Wildman–Crippen MR) is 115 cm³/mol. The maximum atomic E-state index is 12.4. The monoisotopic (exact) mass is 392 g/mol. The summed E-state index contributed by atoms with van der Waals surface area (Å²) in [6.45, 7) is 2.45. The molecule has 3 aromatic rings. The van der Waals surface area contributed by atoms with E-state index in [-0.39, 0.29) is 11.7 Å². The van der Waals surface area contributed by atoms with E-state index in [1.165, 1.54) is 10.6 Å². The molecule has 0 saturated carbocycles. The summed E-state index contributed by atoms with van der Waals surface area (Å²) in [6.07, 6.45) is 4.94. The lowest BCUT2D eigenvalue weighted by Gasteiger charge is -2.14. The first-order chi connectivity index (χ1) is 14.0. The minimum Gasteiger partial charge on any atom is -0.500 e. The van der Waals surface area contributed by atoms with E-state index in [1.807, 2.05) is 37.3 Å². The molecule has 0 atom stereocenters. The molecule has 29 heavy (non-hydrogen) atoms. The summed E-state index contributed by atoms with van der Waals surface area (Å²) in [7, 11) is 1.57. The Labute approximate surface area is 169 Å². The third-order valence-corrected chi connectivity index (χ3v) is 4.56. The van der Waals surface area contributed by atoms with Crippen LogP contribution in [0.4, 0.5) is 5.69 Å². The number of hydrogen-bond donors (Lipinski definition) is 2. The number of nitrogens with zero attached hydrogens (tertiary/aromatic N) is 1. The molecule has 0 saturated heterocycles. The van der Waals surface area contributed by atoms with Gasteiger partial charge in [0.25, 0.3) is 5.56 Å². The quantitative estimate of drug-likeness (QED) is 0.469. The van der Waals surface area contributed by atoms with Gasteiger partial charge in [-0.05, 0) is 36.3 Å². The minimum atomic E-state index is -0.545. The third-order valence-electron chi connectivity index (χ3n) is 4.56. The Kier molecular flexibility index (Phi) is 6.34. The van der Waals surface area contributed by atoms with Gasteiger partial charge in [0.2, 0.25) is 11.7 Å². The van der Waals surface area contributed by atoms with Gasteiger partial charge in [0, 0.05) is 24.2 Å². The SMILES string of the molecule is CCCCOc1c(O)c(=O)n(C)c2cc(NC(=O)/C=C/c3ccccc3)ccc12. The number of aryl methyl sites for hydroxylation is 1. The Morgan fingerprint density at radius 1 is 1.21 bits per heavy atom. The number of carbonyl (C=O) groups is 1. The second kappa shape index (κ2) is 9.10. The second-order valence-corrected chi connectivity index (χ2v) is 6.71. The van der Waals surface area contributed by atoms with Crippen molar-refractivity contribution < 1.29 is 14.6 Å². The molecule has 0 aliphatic heterocycles. The van der Waals surface area contributed by atoms with Crippen LogP contribution in [0.2, 0.25) is 0 Å². The normalized spacial score (nSPS) is 11.1. The highest BCUT2D eigenvalue weighted by atomic mass is 16.5. The predicted octanol–water partition coefficient (Wildman–Crippen LogP) is 4.07. The molecule has 1 amide bonds. The van der Waals surface area contributed by atoms with Crippen LogP contribution in [0.1, 0.15) is 25.3 Å². The first-order valence-electron chi connectivity index (χ1n) is 9.54. The van der Waals surface area contributed by atoms with Crippen LogP contribution in [0.25, 0.3) is 17.0 Å². The maximum absolute atomic E-state index is 12.4. The van der Waals surface area contributed by atoms with E-state index in [4.69, 9.17) is 4.74 Å². The van der Waals surface area contributed by atoms with Crippen molar-refractivity contribution in [2.75, 3.05) is 11.9 Å². The number of benzene rings is 2. The highest BCUT2D eigenvalue weighted by Gasteiger charge is 2.16. The van der Waals surface area contributed by atoms with Gasteiger partial charge in [0.1, 0.15) is 0 Å². The number of hydrogen-bond acceptors (Lipinski definition) is 4. The van der Waals surface area contributed by atoms with Crippen LogP contribution in [-0.2, 0) is 11.8 Å². The summed E-state index contributed by atoms with van der Waals surface area (Å²) in [6, 6.07) is 14.7. The molecule has 0 unspecified atom stereocenters. The second-order valence-electron chi connectivity index (χ2n) is 6.71. The van der Waals surface area contributed by atoms with Gasteiger partial charge in [-0.2, -0.15) is 0 Å². The topological polar surface area (TPSA) is 80.6 Å². The minimum absolute atomic E-state index is 0.179. The number of aromatic hydroxyl groups is 1. The van der Waals surface area contributed by atoms with Crippen LogP contribution in [0.5, 0.6) is 11.5 Å². The van der Waals surface area contributed by atoms with Crippen molar-refractivity contribution >= 4 is 28.6 Å². The zero-order valence-electron chi connectivity index (χ0n) is 16.5. The van der Waals surface area contributed by atoms with Crippen LogP contribution >= 0.6 is 0 Å². The van der Waals surface area contributed by atoms with Gasteiger partial charge in [-0.25, -0.2) is 0 Å². The summed E-state index contributed by atoms with van der Waals surface area (Å²) in [4.78, 5) is 24.6. The first kappa shape index (κ1) is 20.2. The summed E-state index contributed by atoms with van der Waals surface area (Å²) >= 11 is 0. The van der Waals surface area contributed by atoms with E-state index in [1.54, 1.807) is 31.3 Å². The van der Waals surface area contributed by atoms with Crippen molar-refractivity contribution in [2.45, 2.75) is 19.8 Å². The molecular weight excluding hydrogens is 368 g/mol. The maximum Gasteiger partial charge on any atom is 0.296 e. The van der Waals surface area contributed by atoms with Crippen molar-refractivity contribution in [3.8, 4) is 11.5 Å². The van der Waals surface area contributed by atoms with Gasteiger partial charge in [-0.1, -0.05) is 43.7 Å². The molecule has 0 aliphatic carbocycles. The Hall–Kier alpha value is -3.54. The molecule has 2 aromatic carbocycles. The van der Waals surface area contributed by atoms with Crippen LogP contribution in [-0.4, -0.2) is 22.2 Å². The molecular formula is C23H24N2O4. The van der Waals surface area contributed by atoms with Crippen molar-refractivity contribution in [2.24, 2.45) is 7.05 Å². The molecule has 3 rings (SSSR count). The number of ether oxygens (including phenoxy) is 1. The lowest BCUT2D eigenvalue weighted by atomic mass is 10.1. The van der Waals surface area contributed by atoms with Crippen molar-refractivity contribution in [1.29, 1.82) is 0 Å². The smallest absolute Gasteiger partial charge is 0.296 e. The van der Waals surface area contributed by atoms with Gasteiger partial charge in [-0.3, -0.25) is 9.59 Å². The number of amides is 1. The Morgan fingerprint density at radius 2 is 1.97 bits per heavy atom. The summed E-state index contributed by atoms with van der Waals surface area (Å²) in [5.41, 5.74) is 1.48. The number of carbonyl (C=O) groups excluding carboxylic acids is 1. The molecule has 0 spiro atoms. The van der Waals surface area contributed by atoms with E-state index in [2.05, 4.69) is 5.32 Å². The standard InChI is InChI=1S/C23H24N2O4/c1-3-4-14-29-22-18-12-11-17(15-19(18)25(2)23(28)21(22)27)24-20(26)13-10-16-8-6-5-7-9-16/h5-13,15,27H,3-4,14H2,1-2H3,(H,24,26)/b13-10+. The molecule has 0 fully saturated rings. The molecule has 0 aliphatic rings. The van der Waals surface area contributed by atoms with Crippen LogP contribution < -0.4 is 15.6 Å². The largest absolute Gasteiger partial charge is 0.500 e. The van der Waals surface area contributed by atoms with Crippen molar-refractivity contribution in [1.82, 2.24) is 4.57 Å². The third kappa shape index (κ3) is 4.66. The number of rotatable bonds is 7. The summed E-state index contributed by atoms with van der Waals surface area (Å²) < 4.78 is 7.01. The average molecular weight is 392 g/mol. The molecule has 6 heteroatoms. The van der Waals surface area contributed by atoms with E-state index in [0.29, 0.717) is 23.2 Å². The molecule has 150 valence electrons. The van der Waals surface area contributed by atoms with E-state index >= 15 is 0 Å². The lowest BCUT2D eigenvalue weighted by Crippen LogP contribution is -2.18. The van der Waals surface area contributed by atoms with Crippen molar-refractivity contribution in [3.05, 3.63) is 70.5 Å². The fourth-order valence-electron chi connectivity index (χ4n) is 2.96. The first-order valence-corrected chi connectivity index (χ1v) is 9.54. The molecule has 0 radical (unpaired) electrons. The lowest BCUT2D eigenvalue weighted by molar-refractivity contribution is -0.111. The van der Waals surface area contributed by atoms with E-state index in [9.17, 15) is 14.7 Å². The van der Waals surface area contributed by atoms with Crippen molar-refractivity contribution in [3.63, 3.8) is 0 Å².